The van der Waals surface area contributed by atoms with E-state index in [-0.39, 0.29) is 5.91 Å². The van der Waals surface area contributed by atoms with Crippen LogP contribution in [0.1, 0.15) is 22.6 Å². The molecule has 0 aliphatic heterocycles. The summed E-state index contributed by atoms with van der Waals surface area (Å²) in [4.78, 5) is 17.1. The lowest BCUT2D eigenvalue weighted by molar-refractivity contribution is 0.0953. The largest absolute Gasteiger partial charge is 0.492 e. The van der Waals surface area contributed by atoms with E-state index in [1.165, 1.54) is 0 Å². The lowest BCUT2D eigenvalue weighted by Gasteiger charge is -2.11. The maximum atomic E-state index is 12.3. The van der Waals surface area contributed by atoms with Crippen LogP contribution in [-0.2, 0) is 13.0 Å². The van der Waals surface area contributed by atoms with Crippen LogP contribution in [0.5, 0.6) is 5.75 Å². The molecule has 1 amide bonds. The fraction of sp³-hybridized carbons (Fsp3) is 0.200. The first-order valence-corrected chi connectivity index (χ1v) is 11.2. The first kappa shape index (κ1) is 21.1. The number of benzene rings is 3. The molecule has 0 atom stereocenters. The number of aryl methyl sites for hydroxylation is 1. The Morgan fingerprint density at radius 1 is 0.968 bits per heavy atom. The molecular formula is C25H24BrN3O2. The fourth-order valence-corrected chi connectivity index (χ4v) is 3.75. The third kappa shape index (κ3) is 5.52. The highest BCUT2D eigenvalue weighted by Crippen LogP contribution is 2.18. The SMILES string of the molecule is O=C(NCCCc1nc2ccccc2n1CCOc1ccccc1)c1ccc(Br)cc1. The van der Waals surface area contributed by atoms with Crippen LogP contribution in [0.3, 0.4) is 0 Å². The molecule has 3 aromatic carbocycles. The van der Waals surface area contributed by atoms with E-state index >= 15 is 0 Å². The minimum absolute atomic E-state index is 0.0581. The Morgan fingerprint density at radius 2 is 1.71 bits per heavy atom. The van der Waals surface area contributed by atoms with Crippen molar-refractivity contribution in [1.29, 1.82) is 0 Å². The number of halogens is 1. The molecule has 1 aromatic heterocycles. The van der Waals surface area contributed by atoms with Crippen molar-refractivity contribution < 1.29 is 9.53 Å². The molecule has 0 saturated carbocycles. The van der Waals surface area contributed by atoms with E-state index in [1.807, 2.05) is 72.8 Å². The molecule has 1 heterocycles. The number of para-hydroxylation sites is 3. The van der Waals surface area contributed by atoms with Crippen LogP contribution >= 0.6 is 15.9 Å². The van der Waals surface area contributed by atoms with Gasteiger partial charge >= 0.3 is 0 Å². The highest BCUT2D eigenvalue weighted by atomic mass is 79.9. The maximum absolute atomic E-state index is 12.3. The molecule has 0 fully saturated rings. The Hall–Kier alpha value is -3.12. The molecule has 6 heteroatoms. The summed E-state index contributed by atoms with van der Waals surface area (Å²) in [7, 11) is 0. The standard InChI is InChI=1S/C25H24BrN3O2/c26-20-14-12-19(13-15-20)25(30)27-16-6-11-24-28-22-9-4-5-10-23(22)29(24)17-18-31-21-7-2-1-3-8-21/h1-5,7-10,12-15H,6,11,16-18H2,(H,27,30). The van der Waals surface area contributed by atoms with Crippen molar-refractivity contribution in [3.05, 3.63) is 94.7 Å². The van der Waals surface area contributed by atoms with Crippen LogP contribution in [0.4, 0.5) is 0 Å². The number of rotatable bonds is 9. The van der Waals surface area contributed by atoms with E-state index in [0.29, 0.717) is 18.7 Å². The van der Waals surface area contributed by atoms with E-state index in [9.17, 15) is 4.79 Å². The molecule has 5 nitrogen and oxygen atoms in total. The van der Waals surface area contributed by atoms with Crippen LogP contribution < -0.4 is 10.1 Å². The summed E-state index contributed by atoms with van der Waals surface area (Å²) in [6, 6.07) is 25.3. The van der Waals surface area contributed by atoms with Gasteiger partial charge in [-0.1, -0.05) is 46.3 Å². The molecule has 0 radical (unpaired) electrons. The van der Waals surface area contributed by atoms with Crippen molar-refractivity contribution in [2.24, 2.45) is 0 Å². The number of carbonyl (C=O) groups excluding carboxylic acids is 1. The first-order valence-electron chi connectivity index (χ1n) is 10.4. The lowest BCUT2D eigenvalue weighted by Crippen LogP contribution is -2.25. The highest BCUT2D eigenvalue weighted by Gasteiger charge is 2.11. The molecule has 1 N–H and O–H groups in total. The number of aromatic nitrogens is 2. The topological polar surface area (TPSA) is 56.2 Å². The quantitative estimate of drug-likeness (QED) is 0.335. The van der Waals surface area contributed by atoms with Gasteiger partial charge in [-0.2, -0.15) is 0 Å². The van der Waals surface area contributed by atoms with E-state index in [4.69, 9.17) is 9.72 Å². The average molecular weight is 478 g/mol. The van der Waals surface area contributed by atoms with Gasteiger partial charge in [-0.3, -0.25) is 4.79 Å². The molecule has 4 rings (SSSR count). The third-order valence-electron chi connectivity index (χ3n) is 5.03. The highest BCUT2D eigenvalue weighted by molar-refractivity contribution is 9.10. The lowest BCUT2D eigenvalue weighted by atomic mass is 10.2. The van der Waals surface area contributed by atoms with Gasteiger partial charge in [0.15, 0.2) is 0 Å². The normalized spacial score (nSPS) is 10.9. The number of hydrogen-bond acceptors (Lipinski definition) is 3. The minimum Gasteiger partial charge on any atom is -0.492 e. The van der Waals surface area contributed by atoms with E-state index in [1.54, 1.807) is 0 Å². The predicted octanol–water partition coefficient (Wildman–Crippen LogP) is 5.24. The van der Waals surface area contributed by atoms with Gasteiger partial charge in [0, 0.05) is 23.0 Å². The zero-order chi connectivity index (χ0) is 21.5. The third-order valence-corrected chi connectivity index (χ3v) is 5.56. The van der Waals surface area contributed by atoms with Crippen LogP contribution in [0.15, 0.2) is 83.3 Å². The molecule has 31 heavy (non-hydrogen) atoms. The fourth-order valence-electron chi connectivity index (χ4n) is 3.49. The Balaban J connectivity index is 1.36. The molecule has 0 spiro atoms. The second kappa shape index (κ2) is 10.3. The number of carbonyl (C=O) groups is 1. The summed E-state index contributed by atoms with van der Waals surface area (Å²) in [5.41, 5.74) is 2.75. The Bertz CT molecular complexity index is 1140. The maximum Gasteiger partial charge on any atom is 0.251 e. The van der Waals surface area contributed by atoms with Gasteiger partial charge in [0.2, 0.25) is 0 Å². The van der Waals surface area contributed by atoms with Crippen LogP contribution in [0, 0.1) is 0 Å². The zero-order valence-electron chi connectivity index (χ0n) is 17.1. The van der Waals surface area contributed by atoms with Gasteiger partial charge in [-0.05, 0) is 55.0 Å². The molecular weight excluding hydrogens is 454 g/mol. The van der Waals surface area contributed by atoms with Crippen molar-refractivity contribution in [1.82, 2.24) is 14.9 Å². The first-order chi connectivity index (χ1) is 15.2. The summed E-state index contributed by atoms with van der Waals surface area (Å²) >= 11 is 3.39. The van der Waals surface area contributed by atoms with E-state index < -0.39 is 0 Å². The van der Waals surface area contributed by atoms with Gasteiger partial charge in [0.05, 0.1) is 17.6 Å². The van der Waals surface area contributed by atoms with Gasteiger partial charge in [-0.25, -0.2) is 4.98 Å². The average Bonchev–Trinajstić information content (AvgIpc) is 3.15. The second-order valence-corrected chi connectivity index (χ2v) is 8.11. The summed E-state index contributed by atoms with van der Waals surface area (Å²) in [6.07, 6.45) is 1.59. The monoisotopic (exact) mass is 477 g/mol. The van der Waals surface area contributed by atoms with Crippen LogP contribution in [-0.4, -0.2) is 28.6 Å². The van der Waals surface area contributed by atoms with Gasteiger partial charge < -0.3 is 14.6 Å². The van der Waals surface area contributed by atoms with Crippen molar-refractivity contribution in [2.45, 2.75) is 19.4 Å². The summed E-state index contributed by atoms with van der Waals surface area (Å²) in [5, 5.41) is 2.99. The Morgan fingerprint density at radius 3 is 2.52 bits per heavy atom. The van der Waals surface area contributed by atoms with Crippen LogP contribution in [0.25, 0.3) is 11.0 Å². The van der Waals surface area contributed by atoms with Crippen molar-refractivity contribution in [2.75, 3.05) is 13.2 Å². The molecule has 158 valence electrons. The van der Waals surface area contributed by atoms with Crippen LogP contribution in [0.2, 0.25) is 0 Å². The number of ether oxygens (including phenoxy) is 1. The zero-order valence-corrected chi connectivity index (χ0v) is 18.7. The number of imidazole rings is 1. The van der Waals surface area contributed by atoms with Crippen molar-refractivity contribution in [3.8, 4) is 5.75 Å². The predicted molar refractivity (Wildman–Crippen MR) is 126 cm³/mol. The van der Waals surface area contributed by atoms with Gasteiger partial charge in [-0.15, -0.1) is 0 Å². The van der Waals surface area contributed by atoms with Gasteiger partial charge in [0.25, 0.3) is 5.91 Å². The van der Waals surface area contributed by atoms with Gasteiger partial charge in [0.1, 0.15) is 18.2 Å². The van der Waals surface area contributed by atoms with Crippen molar-refractivity contribution >= 4 is 32.9 Å². The molecule has 0 aliphatic rings. The number of hydrogen-bond donors (Lipinski definition) is 1. The summed E-state index contributed by atoms with van der Waals surface area (Å²) in [6.45, 7) is 1.88. The summed E-state index contributed by atoms with van der Waals surface area (Å²) < 4.78 is 9.06. The molecule has 0 unspecified atom stereocenters. The van der Waals surface area contributed by atoms with Crippen molar-refractivity contribution in [3.63, 3.8) is 0 Å². The Kier molecular flexibility index (Phi) is 6.99. The number of amides is 1. The number of fused-ring (bicyclic) bond motifs is 1. The molecule has 4 aromatic rings. The molecule has 0 aliphatic carbocycles. The van der Waals surface area contributed by atoms with E-state index in [2.05, 4.69) is 31.9 Å². The second-order valence-electron chi connectivity index (χ2n) is 7.20. The number of nitrogens with zero attached hydrogens (tertiary/aromatic N) is 2. The molecule has 0 bridgehead atoms. The number of nitrogens with one attached hydrogen (secondary N) is 1. The minimum atomic E-state index is -0.0581. The molecule has 0 saturated heterocycles. The van der Waals surface area contributed by atoms with E-state index in [0.717, 1.165) is 46.5 Å². The Labute approximate surface area is 190 Å². The smallest absolute Gasteiger partial charge is 0.251 e. The summed E-state index contributed by atoms with van der Waals surface area (Å²) in [5.74, 6) is 1.82.